The van der Waals surface area contributed by atoms with Gasteiger partial charge in [-0.3, -0.25) is 4.68 Å². The van der Waals surface area contributed by atoms with Crippen molar-refractivity contribution in [1.29, 1.82) is 0 Å². The second kappa shape index (κ2) is 7.97. The van der Waals surface area contributed by atoms with Crippen LogP contribution in [0.15, 0.2) is 42.7 Å². The molecule has 1 saturated carbocycles. The molecule has 6 nitrogen and oxygen atoms in total. The minimum Gasteiger partial charge on any atom is -0.335 e. The van der Waals surface area contributed by atoms with Crippen LogP contribution >= 0.6 is 0 Å². The van der Waals surface area contributed by atoms with E-state index in [1.54, 1.807) is 6.20 Å². The largest absolute Gasteiger partial charge is 0.335 e. The summed E-state index contributed by atoms with van der Waals surface area (Å²) in [6, 6.07) is 10.5. The molecule has 1 heterocycles. The van der Waals surface area contributed by atoms with Crippen LogP contribution in [0.25, 0.3) is 0 Å². The average Bonchev–Trinajstić information content (AvgIpc) is 3.23. The molecule has 0 unspecified atom stereocenters. The fourth-order valence-electron chi connectivity index (χ4n) is 2.55. The smallest absolute Gasteiger partial charge is 0.319 e. The number of hydrogen-bond donors (Lipinski definition) is 3. The summed E-state index contributed by atoms with van der Waals surface area (Å²) in [4.78, 5) is 11.7. The second-order valence-corrected chi connectivity index (χ2v) is 6.29. The van der Waals surface area contributed by atoms with Gasteiger partial charge < -0.3 is 16.0 Å². The van der Waals surface area contributed by atoms with E-state index in [0.717, 1.165) is 38.0 Å². The van der Waals surface area contributed by atoms with Crippen molar-refractivity contribution in [2.45, 2.75) is 44.8 Å². The molecule has 128 valence electrons. The summed E-state index contributed by atoms with van der Waals surface area (Å²) in [6.45, 7) is 4.01. The predicted octanol–water partition coefficient (Wildman–Crippen LogP) is 2.91. The zero-order chi connectivity index (χ0) is 16.8. The van der Waals surface area contributed by atoms with Crippen LogP contribution in [0.1, 0.15) is 37.8 Å². The molecule has 2 aromatic rings. The van der Waals surface area contributed by atoms with E-state index in [1.807, 2.05) is 29.1 Å². The standard InChI is InChI=1S/C18H25N5O/c1-14(19-10-2-12-23-13-3-11-20-23)15-4-6-16(7-5-15)21-18(24)22-17-8-9-17/h3-7,11,13-14,17,19H,2,8-10,12H2,1H3,(H2,21,22,24)/t14-/m0/s1. The van der Waals surface area contributed by atoms with Gasteiger partial charge in [-0.15, -0.1) is 0 Å². The number of hydrogen-bond acceptors (Lipinski definition) is 3. The van der Waals surface area contributed by atoms with Crippen molar-refractivity contribution >= 4 is 11.7 Å². The van der Waals surface area contributed by atoms with Crippen LogP contribution in [-0.4, -0.2) is 28.4 Å². The monoisotopic (exact) mass is 327 g/mol. The number of benzene rings is 1. The Labute approximate surface area is 142 Å². The van der Waals surface area contributed by atoms with Crippen LogP contribution in [-0.2, 0) is 6.54 Å². The molecular weight excluding hydrogens is 302 g/mol. The summed E-state index contributed by atoms with van der Waals surface area (Å²) in [5.74, 6) is 0. The van der Waals surface area contributed by atoms with Crippen LogP contribution in [0.5, 0.6) is 0 Å². The van der Waals surface area contributed by atoms with E-state index in [9.17, 15) is 4.79 Å². The fourth-order valence-corrected chi connectivity index (χ4v) is 2.55. The molecule has 6 heteroatoms. The highest BCUT2D eigenvalue weighted by Gasteiger charge is 2.23. The summed E-state index contributed by atoms with van der Waals surface area (Å²) in [6.07, 6.45) is 7.00. The van der Waals surface area contributed by atoms with Crippen LogP contribution in [0.2, 0.25) is 0 Å². The number of nitrogens with one attached hydrogen (secondary N) is 3. The Hall–Kier alpha value is -2.34. The van der Waals surface area contributed by atoms with Crippen LogP contribution in [0.3, 0.4) is 0 Å². The first-order chi connectivity index (χ1) is 11.7. The van der Waals surface area contributed by atoms with Gasteiger partial charge in [-0.05, 0) is 56.5 Å². The molecule has 0 spiro atoms. The maximum absolute atomic E-state index is 11.7. The van der Waals surface area contributed by atoms with Crippen LogP contribution < -0.4 is 16.0 Å². The van der Waals surface area contributed by atoms with E-state index in [1.165, 1.54) is 5.56 Å². The number of amides is 2. The molecule has 0 bridgehead atoms. The molecule has 1 fully saturated rings. The Balaban J connectivity index is 1.39. The number of nitrogens with zero attached hydrogens (tertiary/aromatic N) is 2. The van der Waals surface area contributed by atoms with Crippen molar-refractivity contribution in [2.75, 3.05) is 11.9 Å². The Kier molecular flexibility index (Phi) is 5.48. The van der Waals surface area contributed by atoms with Gasteiger partial charge in [0, 0.05) is 36.7 Å². The lowest BCUT2D eigenvalue weighted by molar-refractivity contribution is 0.251. The van der Waals surface area contributed by atoms with Crippen molar-refractivity contribution < 1.29 is 4.79 Å². The molecule has 1 atom stereocenters. The third kappa shape index (κ3) is 5.09. The van der Waals surface area contributed by atoms with Gasteiger partial charge in [0.15, 0.2) is 0 Å². The lowest BCUT2D eigenvalue weighted by Gasteiger charge is -2.15. The number of carbonyl (C=O) groups excluding carboxylic acids is 1. The molecule has 1 aromatic carbocycles. The van der Waals surface area contributed by atoms with Crippen molar-refractivity contribution in [3.05, 3.63) is 48.3 Å². The Morgan fingerprint density at radius 2 is 2.12 bits per heavy atom. The van der Waals surface area contributed by atoms with E-state index in [2.05, 4.69) is 40.1 Å². The Morgan fingerprint density at radius 3 is 2.79 bits per heavy atom. The summed E-state index contributed by atoms with van der Waals surface area (Å²) >= 11 is 0. The van der Waals surface area contributed by atoms with Gasteiger partial charge in [0.25, 0.3) is 0 Å². The predicted molar refractivity (Wildman–Crippen MR) is 94.9 cm³/mol. The molecule has 3 rings (SSSR count). The minimum absolute atomic E-state index is 0.116. The molecule has 3 N–H and O–H groups in total. The second-order valence-electron chi connectivity index (χ2n) is 6.29. The first kappa shape index (κ1) is 16.5. The van der Waals surface area contributed by atoms with Crippen molar-refractivity contribution in [3.63, 3.8) is 0 Å². The molecular formula is C18H25N5O. The van der Waals surface area contributed by atoms with Gasteiger partial charge in [-0.2, -0.15) is 5.10 Å². The summed E-state index contributed by atoms with van der Waals surface area (Å²) < 4.78 is 1.94. The van der Waals surface area contributed by atoms with E-state index < -0.39 is 0 Å². The highest BCUT2D eigenvalue weighted by Crippen LogP contribution is 2.19. The number of anilines is 1. The summed E-state index contributed by atoms with van der Waals surface area (Å²) in [5.41, 5.74) is 2.03. The quantitative estimate of drug-likeness (QED) is 0.653. The average molecular weight is 327 g/mol. The van der Waals surface area contributed by atoms with Crippen molar-refractivity contribution in [1.82, 2.24) is 20.4 Å². The molecule has 1 aromatic heterocycles. The van der Waals surface area contributed by atoms with Gasteiger partial charge in [0.2, 0.25) is 0 Å². The minimum atomic E-state index is -0.116. The topological polar surface area (TPSA) is 71.0 Å². The molecule has 24 heavy (non-hydrogen) atoms. The number of rotatable bonds is 8. The van der Waals surface area contributed by atoms with E-state index in [0.29, 0.717) is 6.04 Å². The maximum atomic E-state index is 11.7. The maximum Gasteiger partial charge on any atom is 0.319 e. The number of urea groups is 1. The SMILES string of the molecule is C[C@H](NCCCn1cccn1)c1ccc(NC(=O)NC2CC2)cc1. The molecule has 2 amide bonds. The fraction of sp³-hybridized carbons (Fsp3) is 0.444. The van der Waals surface area contributed by atoms with E-state index >= 15 is 0 Å². The lowest BCUT2D eigenvalue weighted by Crippen LogP contribution is -2.30. The van der Waals surface area contributed by atoms with Gasteiger partial charge in [0.1, 0.15) is 0 Å². The summed E-state index contributed by atoms with van der Waals surface area (Å²) in [5, 5.41) is 13.5. The molecule has 1 aliphatic carbocycles. The zero-order valence-electron chi connectivity index (χ0n) is 14.0. The lowest BCUT2D eigenvalue weighted by atomic mass is 10.1. The zero-order valence-corrected chi connectivity index (χ0v) is 14.0. The van der Waals surface area contributed by atoms with Crippen molar-refractivity contribution in [2.24, 2.45) is 0 Å². The van der Waals surface area contributed by atoms with Crippen LogP contribution in [0, 0.1) is 0 Å². The van der Waals surface area contributed by atoms with Gasteiger partial charge in [-0.1, -0.05) is 12.1 Å². The van der Waals surface area contributed by atoms with E-state index in [4.69, 9.17) is 0 Å². The highest BCUT2D eigenvalue weighted by atomic mass is 16.2. The number of aryl methyl sites for hydroxylation is 1. The first-order valence-corrected chi connectivity index (χ1v) is 8.59. The first-order valence-electron chi connectivity index (χ1n) is 8.59. The number of carbonyl (C=O) groups is 1. The Morgan fingerprint density at radius 1 is 1.33 bits per heavy atom. The third-order valence-electron chi connectivity index (χ3n) is 4.15. The van der Waals surface area contributed by atoms with Crippen LogP contribution in [0.4, 0.5) is 10.5 Å². The van der Waals surface area contributed by atoms with E-state index in [-0.39, 0.29) is 12.1 Å². The Bertz CT molecular complexity index is 634. The molecule has 1 aliphatic rings. The molecule has 0 saturated heterocycles. The molecule has 0 aliphatic heterocycles. The van der Waals surface area contributed by atoms with Gasteiger partial charge >= 0.3 is 6.03 Å². The molecule has 0 radical (unpaired) electrons. The van der Waals surface area contributed by atoms with Gasteiger partial charge in [0.05, 0.1) is 0 Å². The summed E-state index contributed by atoms with van der Waals surface area (Å²) in [7, 11) is 0. The highest BCUT2D eigenvalue weighted by molar-refractivity contribution is 5.89. The van der Waals surface area contributed by atoms with Gasteiger partial charge in [-0.25, -0.2) is 4.79 Å². The third-order valence-corrected chi connectivity index (χ3v) is 4.15. The number of aromatic nitrogens is 2. The van der Waals surface area contributed by atoms with Crippen molar-refractivity contribution in [3.8, 4) is 0 Å². The normalized spacial score (nSPS) is 15.0.